The molecule has 0 aliphatic rings. The van der Waals surface area contributed by atoms with Crippen molar-refractivity contribution in [2.75, 3.05) is 0 Å². The van der Waals surface area contributed by atoms with Crippen LogP contribution in [0.2, 0.25) is 5.02 Å². The molecule has 0 aliphatic carbocycles. The molecular formula is C20H13ClN2O4S2. The number of benzene rings is 2. The van der Waals surface area contributed by atoms with Crippen molar-refractivity contribution in [1.82, 2.24) is 8.96 Å². The number of nitrogens with zero attached hydrogens (tertiary/aromatic N) is 2. The number of ketones is 1. The number of thiazole rings is 1. The predicted molar refractivity (Wildman–Crippen MR) is 113 cm³/mol. The topological polar surface area (TPSA) is 89.3 Å². The number of allylic oxidation sites excluding steroid dienone is 1. The highest BCUT2D eigenvalue weighted by Gasteiger charge is 2.23. The second kappa shape index (κ2) is 7.47. The van der Waals surface area contributed by atoms with E-state index in [0.29, 0.717) is 15.9 Å². The van der Waals surface area contributed by atoms with Gasteiger partial charge in [-0.1, -0.05) is 29.8 Å². The summed E-state index contributed by atoms with van der Waals surface area (Å²) in [7, 11) is -3.92. The molecular weight excluding hydrogens is 432 g/mol. The Balaban J connectivity index is 1.90. The highest BCUT2D eigenvalue weighted by atomic mass is 35.5. The number of halogens is 1. The van der Waals surface area contributed by atoms with Crippen LogP contribution in [0.15, 0.2) is 77.3 Å². The second-order valence-corrected chi connectivity index (χ2v) is 9.20. The minimum Gasteiger partial charge on any atom is -0.507 e. The zero-order chi connectivity index (χ0) is 20.6. The van der Waals surface area contributed by atoms with Gasteiger partial charge in [0.2, 0.25) is 5.78 Å². The van der Waals surface area contributed by atoms with Gasteiger partial charge in [-0.25, -0.2) is 17.4 Å². The molecule has 0 spiro atoms. The summed E-state index contributed by atoms with van der Waals surface area (Å²) >= 11 is 7.23. The van der Waals surface area contributed by atoms with Gasteiger partial charge < -0.3 is 5.11 Å². The molecule has 4 aromatic rings. The van der Waals surface area contributed by atoms with Crippen molar-refractivity contribution in [3.05, 3.63) is 88.0 Å². The summed E-state index contributed by atoms with van der Waals surface area (Å²) in [5.41, 5.74) is 0.502. The molecule has 4 rings (SSSR count). The van der Waals surface area contributed by atoms with Crippen LogP contribution in [0.3, 0.4) is 0 Å². The van der Waals surface area contributed by atoms with Crippen LogP contribution >= 0.6 is 22.9 Å². The lowest BCUT2D eigenvalue weighted by Gasteiger charge is -2.07. The lowest BCUT2D eigenvalue weighted by molar-refractivity contribution is 0.104. The maximum Gasteiger partial charge on any atom is 0.268 e. The third-order valence-electron chi connectivity index (χ3n) is 4.22. The molecule has 0 bridgehead atoms. The Morgan fingerprint density at radius 1 is 1.17 bits per heavy atom. The maximum absolute atomic E-state index is 13.1. The average Bonchev–Trinajstić information content (AvgIpc) is 3.37. The van der Waals surface area contributed by atoms with Crippen LogP contribution in [0.1, 0.15) is 15.4 Å². The Hall–Kier alpha value is -2.94. The summed E-state index contributed by atoms with van der Waals surface area (Å²) in [6.45, 7) is 0. The van der Waals surface area contributed by atoms with Gasteiger partial charge in [-0.05, 0) is 30.3 Å². The molecule has 29 heavy (non-hydrogen) atoms. The number of carbonyl (C=O) groups is 1. The molecule has 1 N–H and O–H groups in total. The molecule has 9 heteroatoms. The fourth-order valence-electron chi connectivity index (χ4n) is 2.89. The van der Waals surface area contributed by atoms with Crippen LogP contribution in [0.4, 0.5) is 0 Å². The minimum atomic E-state index is -3.92. The third kappa shape index (κ3) is 3.57. The smallest absolute Gasteiger partial charge is 0.268 e. The van der Waals surface area contributed by atoms with Gasteiger partial charge in [-0.15, -0.1) is 11.3 Å². The van der Waals surface area contributed by atoms with Gasteiger partial charge in [0.1, 0.15) is 5.76 Å². The molecule has 2 aromatic carbocycles. The summed E-state index contributed by atoms with van der Waals surface area (Å²) in [6, 6.07) is 12.6. The average molecular weight is 445 g/mol. The van der Waals surface area contributed by atoms with Crippen molar-refractivity contribution in [2.45, 2.75) is 4.90 Å². The van der Waals surface area contributed by atoms with Crippen molar-refractivity contribution < 1.29 is 18.3 Å². The monoisotopic (exact) mass is 444 g/mol. The molecule has 6 nitrogen and oxygen atoms in total. The van der Waals surface area contributed by atoms with Crippen LogP contribution in [0.5, 0.6) is 0 Å². The Bertz CT molecular complexity index is 1340. The lowest BCUT2D eigenvalue weighted by atomic mass is 10.1. The molecule has 2 aromatic heterocycles. The summed E-state index contributed by atoms with van der Waals surface area (Å²) in [5.74, 6) is -0.856. The van der Waals surface area contributed by atoms with Gasteiger partial charge >= 0.3 is 0 Å². The maximum atomic E-state index is 13.1. The van der Waals surface area contributed by atoms with E-state index >= 15 is 0 Å². The molecule has 0 radical (unpaired) electrons. The molecule has 146 valence electrons. The zero-order valence-electron chi connectivity index (χ0n) is 14.7. The first-order valence-electron chi connectivity index (χ1n) is 8.34. The quantitative estimate of drug-likeness (QED) is 0.272. The first-order chi connectivity index (χ1) is 13.9. The summed E-state index contributed by atoms with van der Waals surface area (Å²) < 4.78 is 27.3. The van der Waals surface area contributed by atoms with Crippen molar-refractivity contribution >= 4 is 55.4 Å². The largest absolute Gasteiger partial charge is 0.507 e. The van der Waals surface area contributed by atoms with Gasteiger partial charge in [0.15, 0.2) is 5.01 Å². The molecule has 0 amide bonds. The van der Waals surface area contributed by atoms with Crippen molar-refractivity contribution in [1.29, 1.82) is 0 Å². The van der Waals surface area contributed by atoms with E-state index in [2.05, 4.69) is 4.98 Å². The summed E-state index contributed by atoms with van der Waals surface area (Å²) in [6.07, 6.45) is 3.79. The molecule has 0 saturated carbocycles. The summed E-state index contributed by atoms with van der Waals surface area (Å²) in [4.78, 5) is 16.3. The van der Waals surface area contributed by atoms with Crippen LogP contribution in [0, 0.1) is 0 Å². The number of aliphatic hydroxyl groups is 1. The van der Waals surface area contributed by atoms with Crippen LogP contribution < -0.4 is 0 Å². The first-order valence-corrected chi connectivity index (χ1v) is 11.0. The number of hydrogen-bond donors (Lipinski definition) is 1. The molecule has 0 atom stereocenters. The number of aliphatic hydroxyl groups excluding tert-OH is 1. The second-order valence-electron chi connectivity index (χ2n) is 6.05. The van der Waals surface area contributed by atoms with Gasteiger partial charge in [0.25, 0.3) is 10.0 Å². The van der Waals surface area contributed by atoms with E-state index in [9.17, 15) is 18.3 Å². The van der Waals surface area contributed by atoms with E-state index in [-0.39, 0.29) is 21.2 Å². The first kappa shape index (κ1) is 19.4. The number of rotatable bonds is 5. The molecule has 0 unspecified atom stereocenters. The number of aromatic nitrogens is 2. The van der Waals surface area contributed by atoms with Crippen molar-refractivity contribution in [3.8, 4) is 0 Å². The lowest BCUT2D eigenvalue weighted by Crippen LogP contribution is -2.11. The number of hydrogen-bond acceptors (Lipinski definition) is 6. The highest BCUT2D eigenvalue weighted by molar-refractivity contribution is 7.90. The highest BCUT2D eigenvalue weighted by Crippen LogP contribution is 2.31. The molecule has 0 fully saturated rings. The Labute approximate surface area is 175 Å². The number of carbonyl (C=O) groups excluding carboxylic acids is 1. The third-order valence-corrected chi connectivity index (χ3v) is 6.93. The van der Waals surface area contributed by atoms with Crippen LogP contribution in [-0.4, -0.2) is 28.3 Å². The van der Waals surface area contributed by atoms with E-state index in [1.165, 1.54) is 24.5 Å². The van der Waals surface area contributed by atoms with E-state index in [4.69, 9.17) is 11.6 Å². The van der Waals surface area contributed by atoms with Crippen LogP contribution in [-0.2, 0) is 10.0 Å². The van der Waals surface area contributed by atoms with E-state index in [1.807, 2.05) is 0 Å². The molecule has 2 heterocycles. The SMILES string of the molecule is O=C(/C=C(/O)c1cn(S(=O)(=O)c2ccccc2)c2ccc(Cl)cc12)c1nccs1. The summed E-state index contributed by atoms with van der Waals surface area (Å²) in [5, 5.41) is 13.2. The number of fused-ring (bicyclic) bond motifs is 1. The normalized spacial score (nSPS) is 12.4. The van der Waals surface area contributed by atoms with Crippen molar-refractivity contribution in [3.63, 3.8) is 0 Å². The molecule has 0 aliphatic heterocycles. The van der Waals surface area contributed by atoms with Crippen molar-refractivity contribution in [2.24, 2.45) is 0 Å². The zero-order valence-corrected chi connectivity index (χ0v) is 17.1. The van der Waals surface area contributed by atoms with E-state index < -0.39 is 15.8 Å². The minimum absolute atomic E-state index is 0.0979. The van der Waals surface area contributed by atoms with Gasteiger partial charge in [-0.3, -0.25) is 4.79 Å². The van der Waals surface area contributed by atoms with Gasteiger partial charge in [0.05, 0.1) is 10.4 Å². The Morgan fingerprint density at radius 3 is 2.62 bits per heavy atom. The van der Waals surface area contributed by atoms with Gasteiger partial charge in [0, 0.05) is 39.8 Å². The predicted octanol–water partition coefficient (Wildman–Crippen LogP) is 4.77. The standard InChI is InChI=1S/C20H13ClN2O4S2/c21-13-6-7-17-15(10-13)16(18(24)11-19(25)20-22-8-9-28-20)12-23(17)29(26,27)14-4-2-1-3-5-14/h1-12,24H/b18-11+. The molecule has 0 saturated heterocycles. The fraction of sp³-hybridized carbons (Fsp3) is 0. The van der Waals surface area contributed by atoms with Gasteiger partial charge in [-0.2, -0.15) is 0 Å². The fourth-order valence-corrected chi connectivity index (χ4v) is 5.00. The van der Waals surface area contributed by atoms with E-state index in [0.717, 1.165) is 21.4 Å². The Morgan fingerprint density at radius 2 is 1.93 bits per heavy atom. The van der Waals surface area contributed by atoms with E-state index in [1.54, 1.807) is 41.8 Å². The Kier molecular flexibility index (Phi) is 4.99. The van der Waals surface area contributed by atoms with Crippen LogP contribution in [0.25, 0.3) is 16.7 Å².